The fraction of sp³-hybridized carbons (Fsp3) is 0.312. The predicted octanol–water partition coefficient (Wildman–Crippen LogP) is 2.29. The topological polar surface area (TPSA) is 76.1 Å². The summed E-state index contributed by atoms with van der Waals surface area (Å²) >= 11 is 0. The molecular weight excluding hydrogens is 280 g/mol. The number of nitrogens with one attached hydrogen (secondary N) is 2. The van der Waals surface area contributed by atoms with Gasteiger partial charge in [0.1, 0.15) is 0 Å². The van der Waals surface area contributed by atoms with E-state index in [2.05, 4.69) is 20.8 Å². The Labute approximate surface area is 129 Å². The fourth-order valence-electron chi connectivity index (χ4n) is 1.88. The molecule has 1 aromatic heterocycles. The number of amides is 1. The molecule has 22 heavy (non-hydrogen) atoms. The number of hydrogen-bond donors (Lipinski definition) is 2. The maximum atomic E-state index is 11.9. The number of carbonyl (C=O) groups is 1. The first-order chi connectivity index (χ1) is 10.7. The highest BCUT2D eigenvalue weighted by Crippen LogP contribution is 2.17. The van der Waals surface area contributed by atoms with Gasteiger partial charge in [0.2, 0.25) is 0 Å². The van der Waals surface area contributed by atoms with Crippen LogP contribution >= 0.6 is 0 Å². The standard InChI is InChI=1S/C16H20N4O2/c1-12-6-3-4-7-13(12)18-15-9-8-14(19-20-15)16(21)17-10-5-11-22-2/h3-4,6-9H,5,10-11H2,1-2H3,(H,17,21)(H,18,20). The molecule has 0 aliphatic rings. The van der Waals surface area contributed by atoms with Crippen LogP contribution in [0.1, 0.15) is 22.5 Å². The van der Waals surface area contributed by atoms with Crippen LogP contribution in [0.25, 0.3) is 0 Å². The quantitative estimate of drug-likeness (QED) is 0.767. The van der Waals surface area contributed by atoms with Crippen LogP contribution < -0.4 is 10.6 Å². The van der Waals surface area contributed by atoms with Crippen molar-refractivity contribution < 1.29 is 9.53 Å². The number of aromatic nitrogens is 2. The molecule has 0 radical (unpaired) electrons. The molecule has 1 amide bonds. The summed E-state index contributed by atoms with van der Waals surface area (Å²) in [5.74, 6) is 0.372. The lowest BCUT2D eigenvalue weighted by Crippen LogP contribution is -2.26. The van der Waals surface area contributed by atoms with Gasteiger partial charge in [0, 0.05) is 25.9 Å². The van der Waals surface area contributed by atoms with Crippen molar-refractivity contribution in [2.45, 2.75) is 13.3 Å². The second kappa shape index (κ2) is 8.09. The van der Waals surface area contributed by atoms with Crippen LogP contribution in [-0.4, -0.2) is 36.4 Å². The monoisotopic (exact) mass is 300 g/mol. The van der Waals surface area contributed by atoms with Gasteiger partial charge in [-0.2, -0.15) is 0 Å². The van der Waals surface area contributed by atoms with E-state index in [0.717, 1.165) is 17.7 Å². The molecule has 2 aromatic rings. The minimum absolute atomic E-state index is 0.231. The molecule has 1 aromatic carbocycles. The largest absolute Gasteiger partial charge is 0.385 e. The van der Waals surface area contributed by atoms with Crippen LogP contribution in [0.4, 0.5) is 11.5 Å². The van der Waals surface area contributed by atoms with E-state index in [1.807, 2.05) is 31.2 Å². The number of rotatable bonds is 7. The van der Waals surface area contributed by atoms with Gasteiger partial charge in [0.25, 0.3) is 5.91 Å². The van der Waals surface area contributed by atoms with E-state index in [1.54, 1.807) is 19.2 Å². The van der Waals surface area contributed by atoms with Crippen LogP contribution in [0.3, 0.4) is 0 Å². The summed E-state index contributed by atoms with van der Waals surface area (Å²) in [6.45, 7) is 3.18. The van der Waals surface area contributed by atoms with E-state index in [4.69, 9.17) is 4.74 Å². The van der Waals surface area contributed by atoms with E-state index < -0.39 is 0 Å². The second-order valence-electron chi connectivity index (χ2n) is 4.85. The van der Waals surface area contributed by atoms with Crippen molar-refractivity contribution in [3.63, 3.8) is 0 Å². The highest BCUT2D eigenvalue weighted by molar-refractivity contribution is 5.92. The number of aryl methyl sites for hydroxylation is 1. The van der Waals surface area contributed by atoms with Gasteiger partial charge in [-0.3, -0.25) is 4.79 Å². The lowest BCUT2D eigenvalue weighted by molar-refractivity contribution is 0.0942. The third kappa shape index (κ3) is 4.53. The van der Waals surface area contributed by atoms with Gasteiger partial charge in [-0.05, 0) is 37.1 Å². The summed E-state index contributed by atoms with van der Waals surface area (Å²) in [6.07, 6.45) is 0.766. The molecule has 2 N–H and O–H groups in total. The van der Waals surface area contributed by atoms with Gasteiger partial charge < -0.3 is 15.4 Å². The Morgan fingerprint density at radius 3 is 2.68 bits per heavy atom. The first kappa shape index (κ1) is 15.9. The lowest BCUT2D eigenvalue weighted by Gasteiger charge is -2.08. The Morgan fingerprint density at radius 1 is 1.18 bits per heavy atom. The first-order valence-electron chi connectivity index (χ1n) is 7.14. The van der Waals surface area contributed by atoms with Crippen LogP contribution in [0.2, 0.25) is 0 Å². The zero-order chi connectivity index (χ0) is 15.8. The third-order valence-electron chi connectivity index (χ3n) is 3.12. The van der Waals surface area contributed by atoms with E-state index >= 15 is 0 Å². The molecule has 0 saturated heterocycles. The number of anilines is 2. The molecule has 0 aliphatic carbocycles. The third-order valence-corrected chi connectivity index (χ3v) is 3.12. The normalized spacial score (nSPS) is 10.3. The van der Waals surface area contributed by atoms with E-state index in [0.29, 0.717) is 24.7 Å². The van der Waals surface area contributed by atoms with Crippen molar-refractivity contribution in [2.75, 3.05) is 25.6 Å². The zero-order valence-corrected chi connectivity index (χ0v) is 12.8. The summed E-state index contributed by atoms with van der Waals surface area (Å²) in [6, 6.07) is 11.3. The number of ether oxygens (including phenoxy) is 1. The molecule has 0 aliphatic heterocycles. The molecule has 0 atom stereocenters. The Hall–Kier alpha value is -2.47. The van der Waals surface area contributed by atoms with E-state index in [9.17, 15) is 4.79 Å². The fourth-order valence-corrected chi connectivity index (χ4v) is 1.88. The van der Waals surface area contributed by atoms with Gasteiger partial charge in [-0.15, -0.1) is 10.2 Å². The highest BCUT2D eigenvalue weighted by Gasteiger charge is 2.07. The van der Waals surface area contributed by atoms with Gasteiger partial charge in [0.05, 0.1) is 0 Å². The first-order valence-corrected chi connectivity index (χ1v) is 7.14. The molecule has 0 bridgehead atoms. The van der Waals surface area contributed by atoms with Crippen LogP contribution in [-0.2, 0) is 4.74 Å². The summed E-state index contributed by atoms with van der Waals surface area (Å²) < 4.78 is 4.92. The molecule has 1 heterocycles. The van der Waals surface area contributed by atoms with Crippen molar-refractivity contribution >= 4 is 17.4 Å². The smallest absolute Gasteiger partial charge is 0.271 e. The summed E-state index contributed by atoms with van der Waals surface area (Å²) in [5, 5.41) is 13.9. The minimum Gasteiger partial charge on any atom is -0.385 e. The average molecular weight is 300 g/mol. The van der Waals surface area contributed by atoms with Gasteiger partial charge in [-0.25, -0.2) is 0 Å². The maximum absolute atomic E-state index is 11.9. The number of benzene rings is 1. The van der Waals surface area contributed by atoms with Crippen molar-refractivity contribution in [3.05, 3.63) is 47.7 Å². The second-order valence-corrected chi connectivity index (χ2v) is 4.85. The summed E-state index contributed by atoms with van der Waals surface area (Å²) in [7, 11) is 1.63. The lowest BCUT2D eigenvalue weighted by atomic mass is 10.2. The van der Waals surface area contributed by atoms with Crippen molar-refractivity contribution in [3.8, 4) is 0 Å². The van der Waals surface area contributed by atoms with Crippen molar-refractivity contribution in [2.24, 2.45) is 0 Å². The van der Waals surface area contributed by atoms with E-state index in [-0.39, 0.29) is 5.91 Å². The number of methoxy groups -OCH3 is 1. The van der Waals surface area contributed by atoms with Gasteiger partial charge >= 0.3 is 0 Å². The Bertz CT molecular complexity index is 614. The molecule has 6 nitrogen and oxygen atoms in total. The predicted molar refractivity (Wildman–Crippen MR) is 85.3 cm³/mol. The Kier molecular flexibility index (Phi) is 5.85. The molecule has 6 heteroatoms. The molecule has 0 saturated carbocycles. The van der Waals surface area contributed by atoms with E-state index in [1.165, 1.54) is 0 Å². The molecular formula is C16H20N4O2. The summed E-state index contributed by atoms with van der Waals surface area (Å²) in [5.41, 5.74) is 2.38. The highest BCUT2D eigenvalue weighted by atomic mass is 16.5. The number of carbonyl (C=O) groups excluding carboxylic acids is 1. The molecule has 2 rings (SSSR count). The number of hydrogen-bond acceptors (Lipinski definition) is 5. The molecule has 0 fully saturated rings. The minimum atomic E-state index is -0.231. The van der Waals surface area contributed by atoms with Crippen molar-refractivity contribution in [1.29, 1.82) is 0 Å². The Morgan fingerprint density at radius 2 is 2.00 bits per heavy atom. The van der Waals surface area contributed by atoms with Gasteiger partial charge in [-0.1, -0.05) is 18.2 Å². The zero-order valence-electron chi connectivity index (χ0n) is 12.8. The summed E-state index contributed by atoms with van der Waals surface area (Å²) in [4.78, 5) is 11.9. The molecule has 116 valence electrons. The van der Waals surface area contributed by atoms with Crippen LogP contribution in [0.5, 0.6) is 0 Å². The van der Waals surface area contributed by atoms with Crippen LogP contribution in [0.15, 0.2) is 36.4 Å². The molecule has 0 unspecified atom stereocenters. The van der Waals surface area contributed by atoms with Crippen molar-refractivity contribution in [1.82, 2.24) is 15.5 Å². The molecule has 0 spiro atoms. The SMILES string of the molecule is COCCCNC(=O)c1ccc(Nc2ccccc2C)nn1. The average Bonchev–Trinajstić information content (AvgIpc) is 2.54. The van der Waals surface area contributed by atoms with Gasteiger partial charge in [0.15, 0.2) is 11.5 Å². The van der Waals surface area contributed by atoms with Crippen LogP contribution in [0, 0.1) is 6.92 Å². The number of nitrogens with zero attached hydrogens (tertiary/aromatic N) is 2. The Balaban J connectivity index is 1.92. The number of para-hydroxylation sites is 1. The maximum Gasteiger partial charge on any atom is 0.271 e.